The number of nitriles is 1. The molecular weight excluding hydrogens is 440 g/mol. The van der Waals surface area contributed by atoms with E-state index in [0.29, 0.717) is 31.1 Å². The molecule has 170 valence electrons. The van der Waals surface area contributed by atoms with Crippen LogP contribution in [0, 0.1) is 18.3 Å². The van der Waals surface area contributed by atoms with Crippen LogP contribution in [0.2, 0.25) is 0 Å². The highest BCUT2D eigenvalue weighted by Gasteiger charge is 2.37. The molecule has 1 N–H and O–H groups in total. The third-order valence-electron chi connectivity index (χ3n) is 6.43. The summed E-state index contributed by atoms with van der Waals surface area (Å²) in [7, 11) is -3.51. The van der Waals surface area contributed by atoms with Crippen LogP contribution in [-0.2, 0) is 28.6 Å². The van der Waals surface area contributed by atoms with Crippen molar-refractivity contribution >= 4 is 27.6 Å². The molecule has 8 heteroatoms. The molecule has 1 aromatic heterocycles. The average molecular weight is 472 g/mol. The predicted molar refractivity (Wildman–Crippen MR) is 128 cm³/mol. The van der Waals surface area contributed by atoms with E-state index in [-0.39, 0.29) is 4.75 Å². The number of nitrogens with zero attached hydrogens (tertiary/aromatic N) is 3. The van der Waals surface area contributed by atoms with Gasteiger partial charge in [0, 0.05) is 22.5 Å². The number of nitrogens with one attached hydrogen (secondary N) is 1. The number of aromatic nitrogens is 1. The zero-order valence-electron chi connectivity index (χ0n) is 19.2. The van der Waals surface area contributed by atoms with Crippen LogP contribution in [0.25, 0.3) is 0 Å². The van der Waals surface area contributed by atoms with Crippen LogP contribution in [0.1, 0.15) is 48.7 Å². The van der Waals surface area contributed by atoms with E-state index >= 15 is 0 Å². The Bertz CT molecular complexity index is 1160. The lowest BCUT2D eigenvalue weighted by molar-refractivity contribution is -0.377. The molecule has 1 aromatic carbocycles. The molecule has 0 radical (unpaired) electrons. The summed E-state index contributed by atoms with van der Waals surface area (Å²) < 4.78 is 27.8. The van der Waals surface area contributed by atoms with Gasteiger partial charge in [-0.2, -0.15) is 21.3 Å². The fourth-order valence-corrected chi connectivity index (χ4v) is 7.09. The standard InChI is InChI=1S/C24H30N4O2S2/c1-5-22-21-16-31-24(3,4)14-19(21)20(15-25)23(26-22)27-10-12-28(13-11-27)32(29,30)18-8-6-17(2)7-9-18/h6-9H,5,10-14,16H2,1-4H3/p+1. The number of sulfonamides is 1. The first-order valence-electron chi connectivity index (χ1n) is 11.1. The normalized spacial score (nSPS) is 18.8. The molecule has 4 rings (SSSR count). The van der Waals surface area contributed by atoms with Gasteiger partial charge in [0.25, 0.3) is 5.82 Å². The summed E-state index contributed by atoms with van der Waals surface area (Å²) in [5.41, 5.74) is 5.38. The van der Waals surface area contributed by atoms with Crippen molar-refractivity contribution in [2.75, 3.05) is 31.1 Å². The van der Waals surface area contributed by atoms with E-state index < -0.39 is 10.0 Å². The second kappa shape index (κ2) is 8.69. The van der Waals surface area contributed by atoms with Crippen LogP contribution in [0.3, 0.4) is 0 Å². The fraction of sp³-hybridized carbons (Fsp3) is 0.500. The smallest absolute Gasteiger partial charge is 0.258 e. The Labute approximate surface area is 195 Å². The zero-order valence-corrected chi connectivity index (χ0v) is 20.9. The van der Waals surface area contributed by atoms with Crippen LogP contribution in [0.5, 0.6) is 0 Å². The minimum Gasteiger partial charge on any atom is -0.258 e. The van der Waals surface area contributed by atoms with Gasteiger partial charge in [-0.15, -0.1) is 0 Å². The number of aromatic amines is 1. The van der Waals surface area contributed by atoms with Crippen LogP contribution in [0.15, 0.2) is 29.2 Å². The van der Waals surface area contributed by atoms with Crippen LogP contribution in [-0.4, -0.2) is 43.6 Å². The molecule has 1 saturated heterocycles. The lowest BCUT2D eigenvalue weighted by atomic mass is 9.91. The fourth-order valence-electron chi connectivity index (χ4n) is 4.54. The number of H-pyrrole nitrogens is 1. The number of fused-ring (bicyclic) bond motifs is 1. The molecule has 6 nitrogen and oxygen atoms in total. The van der Waals surface area contributed by atoms with Gasteiger partial charge in [0.05, 0.1) is 31.1 Å². The number of hydrogen-bond acceptors (Lipinski definition) is 5. The van der Waals surface area contributed by atoms with Gasteiger partial charge in [-0.25, -0.2) is 13.4 Å². The maximum atomic E-state index is 13.1. The Hall–Kier alpha value is -2.08. The number of aryl methyl sites for hydroxylation is 2. The molecule has 0 saturated carbocycles. The molecule has 0 amide bonds. The van der Waals surface area contributed by atoms with E-state index in [2.05, 4.69) is 36.7 Å². The third-order valence-corrected chi connectivity index (χ3v) is 9.70. The maximum absolute atomic E-state index is 13.1. The monoisotopic (exact) mass is 471 g/mol. The molecule has 2 aliphatic heterocycles. The highest BCUT2D eigenvalue weighted by atomic mass is 32.2. The van der Waals surface area contributed by atoms with E-state index in [1.165, 1.54) is 11.3 Å². The van der Waals surface area contributed by atoms with Crippen molar-refractivity contribution in [1.82, 2.24) is 4.31 Å². The van der Waals surface area contributed by atoms with Gasteiger partial charge in [0.2, 0.25) is 10.0 Å². The minimum atomic E-state index is -3.51. The van der Waals surface area contributed by atoms with Crippen LogP contribution < -0.4 is 9.88 Å². The first-order chi connectivity index (χ1) is 15.2. The van der Waals surface area contributed by atoms with E-state index in [0.717, 1.165) is 41.1 Å². The van der Waals surface area contributed by atoms with E-state index in [1.807, 2.05) is 30.8 Å². The van der Waals surface area contributed by atoms with Gasteiger partial charge in [-0.05, 0) is 31.0 Å². The summed E-state index contributed by atoms with van der Waals surface area (Å²) in [5.74, 6) is 1.76. The second-order valence-corrected chi connectivity index (χ2v) is 12.8. The molecule has 1 fully saturated rings. The van der Waals surface area contributed by atoms with Gasteiger partial charge in [-0.1, -0.05) is 38.5 Å². The number of pyridine rings is 1. The second-order valence-electron chi connectivity index (χ2n) is 9.18. The lowest BCUT2D eigenvalue weighted by Gasteiger charge is -2.34. The first kappa shape index (κ1) is 23.1. The zero-order chi connectivity index (χ0) is 23.1. The number of anilines is 1. The lowest BCUT2D eigenvalue weighted by Crippen LogP contribution is -2.50. The summed E-state index contributed by atoms with van der Waals surface area (Å²) >= 11 is 1.94. The van der Waals surface area contributed by atoms with Gasteiger partial charge in [-0.3, -0.25) is 4.90 Å². The largest absolute Gasteiger partial charge is 0.293 e. The third kappa shape index (κ3) is 4.26. The van der Waals surface area contributed by atoms with Gasteiger partial charge >= 0.3 is 0 Å². The molecule has 0 aliphatic carbocycles. The van der Waals surface area contributed by atoms with Crippen LogP contribution >= 0.6 is 11.8 Å². The minimum absolute atomic E-state index is 0.100. The van der Waals surface area contributed by atoms with Crippen molar-refractivity contribution in [1.29, 1.82) is 5.26 Å². The number of benzene rings is 1. The highest BCUT2D eigenvalue weighted by molar-refractivity contribution is 7.99. The molecule has 2 aromatic rings. The predicted octanol–water partition coefficient (Wildman–Crippen LogP) is 3.32. The van der Waals surface area contributed by atoms with Gasteiger partial charge in [0.1, 0.15) is 17.3 Å². The quantitative estimate of drug-likeness (QED) is 0.684. The molecule has 32 heavy (non-hydrogen) atoms. The summed E-state index contributed by atoms with van der Waals surface area (Å²) in [6.07, 6.45) is 1.75. The molecule has 3 heterocycles. The molecule has 0 spiro atoms. The highest BCUT2D eigenvalue weighted by Crippen LogP contribution is 2.41. The molecule has 0 bridgehead atoms. The Morgan fingerprint density at radius 3 is 2.38 bits per heavy atom. The topological polar surface area (TPSA) is 78.6 Å². The van der Waals surface area contributed by atoms with Crippen molar-refractivity contribution < 1.29 is 13.4 Å². The first-order valence-corrected chi connectivity index (χ1v) is 13.5. The SMILES string of the molecule is CCc1[nH+]c(N2CCN(S(=O)(=O)c3ccc(C)cc3)CC2)c(C#N)c2c1CSC(C)(C)C2. The van der Waals surface area contributed by atoms with Crippen molar-refractivity contribution in [2.45, 2.75) is 55.9 Å². The van der Waals surface area contributed by atoms with Gasteiger partial charge < -0.3 is 0 Å². The van der Waals surface area contributed by atoms with E-state index in [9.17, 15) is 13.7 Å². The number of piperazine rings is 1. The van der Waals surface area contributed by atoms with Crippen LogP contribution in [0.4, 0.5) is 5.82 Å². The Morgan fingerprint density at radius 1 is 1.12 bits per heavy atom. The summed E-state index contributed by atoms with van der Waals surface area (Å²) in [4.78, 5) is 6.03. The number of thioether (sulfide) groups is 1. The molecule has 0 unspecified atom stereocenters. The number of rotatable bonds is 4. The summed E-state index contributed by atoms with van der Waals surface area (Å²) in [6.45, 7) is 10.5. The average Bonchev–Trinajstić information content (AvgIpc) is 2.77. The molecule has 2 aliphatic rings. The Balaban J connectivity index is 1.61. The van der Waals surface area contributed by atoms with Gasteiger partial charge in [0.15, 0.2) is 0 Å². The van der Waals surface area contributed by atoms with Crippen molar-refractivity contribution in [3.63, 3.8) is 0 Å². The Kier molecular flexibility index (Phi) is 6.27. The van der Waals surface area contributed by atoms with Crippen molar-refractivity contribution in [2.24, 2.45) is 0 Å². The number of hydrogen-bond donors (Lipinski definition) is 0. The van der Waals surface area contributed by atoms with Crippen molar-refractivity contribution in [3.05, 3.63) is 52.2 Å². The molecular formula is C24H31N4O2S2+. The van der Waals surface area contributed by atoms with Crippen molar-refractivity contribution in [3.8, 4) is 6.07 Å². The maximum Gasteiger partial charge on any atom is 0.293 e. The Morgan fingerprint density at radius 2 is 1.78 bits per heavy atom. The molecule has 0 atom stereocenters. The summed E-state index contributed by atoms with van der Waals surface area (Å²) in [6, 6.07) is 9.48. The summed E-state index contributed by atoms with van der Waals surface area (Å²) in [5, 5.41) is 10.1. The van der Waals surface area contributed by atoms with E-state index in [1.54, 1.807) is 16.4 Å². The van der Waals surface area contributed by atoms with E-state index in [4.69, 9.17) is 0 Å².